The Kier molecular flexibility index (Phi) is 4.23. The molecule has 1 heteroatoms. The molecule has 74 valence electrons. The first-order chi connectivity index (χ1) is 6.33. The van der Waals surface area contributed by atoms with Gasteiger partial charge in [-0.3, -0.25) is 0 Å². The highest BCUT2D eigenvalue weighted by Crippen LogP contribution is 2.27. The van der Waals surface area contributed by atoms with Gasteiger partial charge in [-0.2, -0.15) is 0 Å². The molecule has 1 saturated heterocycles. The second kappa shape index (κ2) is 5.23. The fraction of sp³-hybridized carbons (Fsp3) is 0.667. The summed E-state index contributed by atoms with van der Waals surface area (Å²) in [7, 11) is 0. The Morgan fingerprint density at radius 3 is 2.15 bits per heavy atom. The summed E-state index contributed by atoms with van der Waals surface area (Å²) in [4.78, 5) is 0. The Hall–Kier alpha value is -0.560. The van der Waals surface area contributed by atoms with Crippen LogP contribution in [0.1, 0.15) is 39.5 Å². The first-order valence-electron chi connectivity index (χ1n) is 5.30. The molecule has 0 aromatic carbocycles. The van der Waals surface area contributed by atoms with E-state index in [4.69, 9.17) is 0 Å². The number of nitrogens with one attached hydrogen (secondary N) is 1. The zero-order valence-electron chi connectivity index (χ0n) is 8.84. The largest absolute Gasteiger partial charge is 0.311 e. The zero-order valence-corrected chi connectivity index (χ0v) is 8.84. The maximum Gasteiger partial charge on any atom is 0.0250 e. The van der Waals surface area contributed by atoms with Gasteiger partial charge in [-0.25, -0.2) is 0 Å². The minimum atomic E-state index is 0.374. The van der Waals surface area contributed by atoms with Gasteiger partial charge in [0, 0.05) is 5.54 Å². The Bertz CT molecular complexity index is 169. The van der Waals surface area contributed by atoms with Gasteiger partial charge >= 0.3 is 0 Å². The molecule has 13 heavy (non-hydrogen) atoms. The highest BCUT2D eigenvalue weighted by molar-refractivity contribution is 5.03. The van der Waals surface area contributed by atoms with Crippen molar-refractivity contribution >= 4 is 0 Å². The van der Waals surface area contributed by atoms with Gasteiger partial charge in [-0.1, -0.05) is 24.3 Å². The van der Waals surface area contributed by atoms with Crippen molar-refractivity contribution in [2.75, 3.05) is 6.54 Å². The van der Waals surface area contributed by atoms with E-state index in [9.17, 15) is 0 Å². The average Bonchev–Trinajstić information content (AvgIpc) is 2.61. The van der Waals surface area contributed by atoms with Crippen molar-refractivity contribution in [2.24, 2.45) is 0 Å². The van der Waals surface area contributed by atoms with Crippen LogP contribution in [0.25, 0.3) is 0 Å². The molecule has 1 fully saturated rings. The number of allylic oxidation sites excluding steroid dienone is 2. The van der Waals surface area contributed by atoms with Gasteiger partial charge in [0.15, 0.2) is 0 Å². The van der Waals surface area contributed by atoms with Crippen LogP contribution in [0.4, 0.5) is 0 Å². The quantitative estimate of drug-likeness (QED) is 0.654. The average molecular weight is 179 g/mol. The normalized spacial score (nSPS) is 22.0. The highest BCUT2D eigenvalue weighted by Gasteiger charge is 2.30. The molecule has 0 saturated carbocycles. The summed E-state index contributed by atoms with van der Waals surface area (Å²) in [6, 6.07) is 0. The summed E-state index contributed by atoms with van der Waals surface area (Å²) in [6.45, 7) is 5.38. The van der Waals surface area contributed by atoms with E-state index >= 15 is 0 Å². The molecule has 0 aromatic heterocycles. The van der Waals surface area contributed by atoms with Crippen molar-refractivity contribution in [3.8, 4) is 0 Å². The van der Waals surface area contributed by atoms with E-state index < -0.39 is 0 Å². The first-order valence-corrected chi connectivity index (χ1v) is 5.30. The summed E-state index contributed by atoms with van der Waals surface area (Å²) in [6.07, 6.45) is 13.9. The lowest BCUT2D eigenvalue weighted by Gasteiger charge is -2.26. The predicted molar refractivity (Wildman–Crippen MR) is 58.8 cm³/mol. The lowest BCUT2D eigenvalue weighted by Crippen LogP contribution is -2.38. The molecule has 0 bridgehead atoms. The van der Waals surface area contributed by atoms with Crippen LogP contribution >= 0.6 is 0 Å². The van der Waals surface area contributed by atoms with Gasteiger partial charge in [0.1, 0.15) is 0 Å². The summed E-state index contributed by atoms with van der Waals surface area (Å²) in [5, 5.41) is 3.64. The molecule has 0 spiro atoms. The smallest absolute Gasteiger partial charge is 0.0250 e. The topological polar surface area (TPSA) is 12.0 Å². The minimum Gasteiger partial charge on any atom is -0.311 e. The molecule has 1 nitrogen and oxygen atoms in total. The van der Waals surface area contributed by atoms with Crippen LogP contribution in [-0.4, -0.2) is 12.1 Å². The van der Waals surface area contributed by atoms with E-state index in [1.807, 2.05) is 0 Å². The third-order valence-electron chi connectivity index (χ3n) is 2.82. The van der Waals surface area contributed by atoms with E-state index in [0.717, 1.165) is 0 Å². The molecule has 0 aromatic rings. The van der Waals surface area contributed by atoms with E-state index in [2.05, 4.69) is 43.5 Å². The molecule has 1 rings (SSSR count). The minimum absolute atomic E-state index is 0.374. The van der Waals surface area contributed by atoms with Crippen molar-refractivity contribution in [1.29, 1.82) is 0 Å². The van der Waals surface area contributed by atoms with Crippen LogP contribution in [-0.2, 0) is 0 Å². The van der Waals surface area contributed by atoms with Crippen LogP contribution in [0.2, 0.25) is 0 Å². The van der Waals surface area contributed by atoms with Crippen molar-refractivity contribution in [1.82, 2.24) is 5.32 Å². The molecule has 0 radical (unpaired) electrons. The van der Waals surface area contributed by atoms with Crippen LogP contribution in [0, 0.1) is 0 Å². The van der Waals surface area contributed by atoms with Gasteiger partial charge in [0.05, 0.1) is 0 Å². The first kappa shape index (κ1) is 10.5. The lowest BCUT2D eigenvalue weighted by molar-refractivity contribution is 0.383. The monoisotopic (exact) mass is 179 g/mol. The van der Waals surface area contributed by atoms with Crippen LogP contribution in [0.5, 0.6) is 0 Å². The Labute approximate surface area is 81.9 Å². The molecule has 0 amide bonds. The molecule has 1 heterocycles. The maximum absolute atomic E-state index is 3.64. The Morgan fingerprint density at radius 2 is 1.77 bits per heavy atom. The van der Waals surface area contributed by atoms with Gasteiger partial charge in [0.25, 0.3) is 0 Å². The second-order valence-corrected chi connectivity index (χ2v) is 3.86. The van der Waals surface area contributed by atoms with Crippen molar-refractivity contribution in [3.63, 3.8) is 0 Å². The Balaban J connectivity index is 2.52. The molecule has 1 aliphatic rings. The third kappa shape index (κ3) is 3.00. The van der Waals surface area contributed by atoms with E-state index in [1.54, 1.807) is 0 Å². The lowest BCUT2D eigenvalue weighted by atomic mass is 9.89. The Morgan fingerprint density at radius 1 is 1.15 bits per heavy atom. The van der Waals surface area contributed by atoms with Gasteiger partial charge in [0.2, 0.25) is 0 Å². The van der Waals surface area contributed by atoms with Crippen molar-refractivity contribution < 1.29 is 0 Å². The fourth-order valence-corrected chi connectivity index (χ4v) is 1.99. The standard InChI is InChI=1S/C12H21N/c1-3-5-8-12(9-6-4-2)10-7-11-13-12/h3-6,13H,7-11H2,1-2H3/b5-3+,6-4+. The van der Waals surface area contributed by atoms with E-state index in [0.29, 0.717) is 5.54 Å². The van der Waals surface area contributed by atoms with Crippen molar-refractivity contribution in [3.05, 3.63) is 24.3 Å². The SMILES string of the molecule is C/C=C/CC1(C/C=C/C)CCCN1. The molecular formula is C12H21N. The highest BCUT2D eigenvalue weighted by atomic mass is 15.0. The number of rotatable bonds is 4. The molecule has 0 unspecified atom stereocenters. The molecular weight excluding hydrogens is 158 g/mol. The van der Waals surface area contributed by atoms with E-state index in [1.165, 1.54) is 32.2 Å². The second-order valence-electron chi connectivity index (χ2n) is 3.86. The van der Waals surface area contributed by atoms with Crippen LogP contribution in [0.15, 0.2) is 24.3 Å². The third-order valence-corrected chi connectivity index (χ3v) is 2.82. The predicted octanol–water partition coefficient (Wildman–Crippen LogP) is 3.04. The number of hydrogen-bond donors (Lipinski definition) is 1. The maximum atomic E-state index is 3.64. The summed E-state index contributed by atoms with van der Waals surface area (Å²) < 4.78 is 0. The van der Waals surface area contributed by atoms with Crippen LogP contribution < -0.4 is 5.32 Å². The van der Waals surface area contributed by atoms with Gasteiger partial charge < -0.3 is 5.32 Å². The molecule has 0 atom stereocenters. The molecule has 1 aliphatic heterocycles. The summed E-state index contributed by atoms with van der Waals surface area (Å²) in [5.74, 6) is 0. The number of hydrogen-bond acceptors (Lipinski definition) is 1. The van der Waals surface area contributed by atoms with E-state index in [-0.39, 0.29) is 0 Å². The van der Waals surface area contributed by atoms with Gasteiger partial charge in [-0.15, -0.1) is 0 Å². The van der Waals surface area contributed by atoms with Gasteiger partial charge in [-0.05, 0) is 46.1 Å². The van der Waals surface area contributed by atoms with Crippen molar-refractivity contribution in [2.45, 2.75) is 45.1 Å². The zero-order chi connectivity index (χ0) is 9.57. The summed E-state index contributed by atoms with van der Waals surface area (Å²) in [5.41, 5.74) is 0.374. The molecule has 1 N–H and O–H groups in total. The fourth-order valence-electron chi connectivity index (χ4n) is 1.99. The molecule has 0 aliphatic carbocycles. The summed E-state index contributed by atoms with van der Waals surface area (Å²) >= 11 is 0. The van der Waals surface area contributed by atoms with Crippen LogP contribution in [0.3, 0.4) is 0 Å².